The third kappa shape index (κ3) is 5.96. The number of H-pyrrole nitrogens is 1. The number of likely N-dealkylation sites (N-methyl/N-ethyl adjacent to an activating group) is 3. The second-order valence-corrected chi connectivity index (χ2v) is 10.3. The summed E-state index contributed by atoms with van der Waals surface area (Å²) in [6.45, 7) is 7.91. The maximum Gasteiger partial charge on any atom is 0.372 e. The molecular weight excluding hydrogens is 490 g/mol. The van der Waals surface area contributed by atoms with E-state index in [4.69, 9.17) is 23.2 Å². The highest BCUT2D eigenvalue weighted by Gasteiger charge is 2.28. The van der Waals surface area contributed by atoms with Crippen molar-refractivity contribution in [3.05, 3.63) is 59.9 Å². The predicted octanol–water partition coefficient (Wildman–Crippen LogP) is 1.37. The molecule has 3 heterocycles. The average molecular weight is 535 g/mol. The average Bonchev–Trinajstić information content (AvgIpc) is 3.59. The summed E-state index contributed by atoms with van der Waals surface area (Å²) in [6.07, 6.45) is 4.70. The molecule has 2 aliphatic rings. The Hall–Kier alpha value is -3.77. The fourth-order valence-corrected chi connectivity index (χ4v) is 5.01. The number of aromatic amines is 1. The van der Waals surface area contributed by atoms with Crippen LogP contribution in [0.15, 0.2) is 48.8 Å². The normalized spacial score (nSPS) is 18.7. The number of nitrogens with one attached hydrogen (secondary N) is 2. The van der Waals surface area contributed by atoms with Crippen molar-refractivity contribution in [2.24, 2.45) is 23.2 Å². The quantitative estimate of drug-likeness (QED) is 0.162. The summed E-state index contributed by atoms with van der Waals surface area (Å²) in [5, 5.41) is 8.66. The standard InChI is InChI=1S/C25H36N11.C3H8/c1-32-9-8-30-24(32)35(28)14-20(26)16-4-6-22-18(12-16)19-13-17(5-7-23(19)31-22)21(27)15-36(29)25-33(2)10-11-34(25)3;1-3-2/h4-7,12-15,24,30-31H,8-11,26-29H2,1-3H3;3H2,1-2H3/q+1;/b20-14-,21-15-;. The third-order valence-corrected chi connectivity index (χ3v) is 7.01. The Morgan fingerprint density at radius 3 is 2.03 bits per heavy atom. The minimum atomic E-state index is -0.0817. The lowest BCUT2D eigenvalue weighted by molar-refractivity contribution is -0.491. The number of benzene rings is 2. The van der Waals surface area contributed by atoms with Gasteiger partial charge in [0.25, 0.3) is 0 Å². The summed E-state index contributed by atoms with van der Waals surface area (Å²) in [6, 6.07) is 12.2. The topological polar surface area (TPSA) is 148 Å². The summed E-state index contributed by atoms with van der Waals surface area (Å²) in [5.74, 6) is 13.5. The van der Waals surface area contributed by atoms with Gasteiger partial charge in [0.05, 0.1) is 38.6 Å². The van der Waals surface area contributed by atoms with E-state index in [2.05, 4.69) is 50.7 Å². The van der Waals surface area contributed by atoms with Crippen LogP contribution in [0, 0.1) is 0 Å². The molecule has 1 unspecified atom stereocenters. The van der Waals surface area contributed by atoms with Gasteiger partial charge in [-0.25, -0.2) is 5.84 Å². The van der Waals surface area contributed by atoms with Crippen molar-refractivity contribution in [1.82, 2.24) is 30.1 Å². The van der Waals surface area contributed by atoms with Gasteiger partial charge in [-0.2, -0.15) is 10.9 Å². The molecule has 2 aromatic carbocycles. The summed E-state index contributed by atoms with van der Waals surface area (Å²) >= 11 is 0. The first kappa shape index (κ1) is 28.2. The van der Waals surface area contributed by atoms with Gasteiger partial charge in [-0.1, -0.05) is 32.4 Å². The van der Waals surface area contributed by atoms with E-state index in [0.29, 0.717) is 11.4 Å². The van der Waals surface area contributed by atoms with Crippen molar-refractivity contribution in [3.8, 4) is 0 Å². The molecule has 11 heteroatoms. The van der Waals surface area contributed by atoms with Crippen LogP contribution in [0.4, 0.5) is 0 Å². The van der Waals surface area contributed by atoms with Crippen molar-refractivity contribution in [3.63, 3.8) is 0 Å². The van der Waals surface area contributed by atoms with Gasteiger partial charge >= 0.3 is 5.96 Å². The molecule has 2 aliphatic heterocycles. The summed E-state index contributed by atoms with van der Waals surface area (Å²) < 4.78 is 2.11. The zero-order valence-electron chi connectivity index (χ0n) is 23.8. The fraction of sp³-hybridized carbons (Fsp3) is 0.393. The van der Waals surface area contributed by atoms with Crippen molar-refractivity contribution >= 4 is 39.2 Å². The van der Waals surface area contributed by atoms with Gasteiger partial charge in [0.1, 0.15) is 6.20 Å². The summed E-state index contributed by atoms with van der Waals surface area (Å²) in [7, 11) is 6.06. The number of rotatable bonds is 5. The van der Waals surface area contributed by atoms with Crippen molar-refractivity contribution < 1.29 is 4.58 Å². The predicted molar refractivity (Wildman–Crippen MR) is 161 cm³/mol. The largest absolute Gasteiger partial charge is 0.397 e. The number of fused-ring (bicyclic) bond motifs is 3. The summed E-state index contributed by atoms with van der Waals surface area (Å²) in [4.78, 5) is 7.72. The van der Waals surface area contributed by atoms with Gasteiger partial charge in [-0.15, -0.1) is 0 Å². The molecule has 39 heavy (non-hydrogen) atoms. The molecule has 1 fully saturated rings. The zero-order valence-corrected chi connectivity index (χ0v) is 23.8. The van der Waals surface area contributed by atoms with Gasteiger partial charge in [0.15, 0.2) is 6.29 Å². The molecule has 0 aliphatic carbocycles. The van der Waals surface area contributed by atoms with Crippen molar-refractivity contribution in [2.75, 3.05) is 47.3 Å². The Morgan fingerprint density at radius 1 is 0.974 bits per heavy atom. The maximum atomic E-state index is 6.48. The number of guanidine groups is 1. The van der Waals surface area contributed by atoms with Gasteiger partial charge in [0, 0.05) is 46.7 Å². The minimum Gasteiger partial charge on any atom is -0.397 e. The number of hydrogen-bond donors (Lipinski definition) is 6. The van der Waals surface area contributed by atoms with Crippen LogP contribution < -0.4 is 28.5 Å². The second kappa shape index (κ2) is 12.0. The first-order valence-corrected chi connectivity index (χ1v) is 13.4. The van der Waals surface area contributed by atoms with Crippen LogP contribution in [0.1, 0.15) is 31.4 Å². The molecule has 1 aromatic heterocycles. The number of aromatic nitrogens is 1. The molecule has 0 bridgehead atoms. The van der Waals surface area contributed by atoms with Crippen LogP contribution in [-0.2, 0) is 0 Å². The van der Waals surface area contributed by atoms with E-state index in [0.717, 1.165) is 65.1 Å². The highest BCUT2D eigenvalue weighted by atomic mass is 15.6. The third-order valence-electron chi connectivity index (χ3n) is 7.01. The Morgan fingerprint density at radius 2 is 1.54 bits per heavy atom. The van der Waals surface area contributed by atoms with Gasteiger partial charge in [-0.05, 0) is 36.9 Å². The minimum absolute atomic E-state index is 0.0817. The molecule has 0 saturated carbocycles. The Labute approximate surface area is 230 Å². The first-order valence-electron chi connectivity index (χ1n) is 13.4. The lowest BCUT2D eigenvalue weighted by Gasteiger charge is -2.28. The molecule has 0 radical (unpaired) electrons. The fourth-order valence-electron chi connectivity index (χ4n) is 5.01. The van der Waals surface area contributed by atoms with E-state index in [9.17, 15) is 0 Å². The molecule has 5 rings (SSSR count). The number of nitrogens with zero attached hydrogens (tertiary/aromatic N) is 5. The lowest BCUT2D eigenvalue weighted by atomic mass is 10.0. The van der Waals surface area contributed by atoms with Crippen molar-refractivity contribution in [2.45, 2.75) is 26.6 Å². The van der Waals surface area contributed by atoms with E-state index in [1.807, 2.05) is 45.4 Å². The van der Waals surface area contributed by atoms with Crippen LogP contribution in [-0.4, -0.2) is 88.9 Å². The van der Waals surface area contributed by atoms with Gasteiger partial charge in [-0.3, -0.25) is 24.7 Å². The number of hydrogen-bond acceptors (Lipinski definition) is 9. The molecule has 10 N–H and O–H groups in total. The van der Waals surface area contributed by atoms with Crippen LogP contribution in [0.3, 0.4) is 0 Å². The molecule has 210 valence electrons. The first-order chi connectivity index (χ1) is 18.6. The highest BCUT2D eigenvalue weighted by Crippen LogP contribution is 2.29. The smallest absolute Gasteiger partial charge is 0.372 e. The maximum absolute atomic E-state index is 6.48. The van der Waals surface area contributed by atoms with Gasteiger partial charge in [0.2, 0.25) is 0 Å². The highest BCUT2D eigenvalue weighted by molar-refractivity contribution is 6.08. The second-order valence-electron chi connectivity index (χ2n) is 10.3. The van der Waals surface area contributed by atoms with Crippen molar-refractivity contribution in [1.29, 1.82) is 0 Å². The van der Waals surface area contributed by atoms with E-state index >= 15 is 0 Å². The zero-order chi connectivity index (χ0) is 28.3. The Bertz CT molecular complexity index is 1400. The molecule has 3 aromatic rings. The molecule has 0 amide bonds. The van der Waals surface area contributed by atoms with E-state index in [-0.39, 0.29) is 6.29 Å². The van der Waals surface area contributed by atoms with Crippen LogP contribution in [0.25, 0.3) is 33.2 Å². The van der Waals surface area contributed by atoms with E-state index < -0.39 is 0 Å². The molecule has 0 spiro atoms. The SMILES string of the molecule is CCC.CN1CC[N+](C)=C1N(N)/C=C(\N)c1ccc2[nH]c3ccc(/C(N)=C/N(N)C4NCCN4C)cc3c2c1. The van der Waals surface area contributed by atoms with E-state index in [1.165, 1.54) is 6.42 Å². The summed E-state index contributed by atoms with van der Waals surface area (Å²) in [5.41, 5.74) is 17.9. The van der Waals surface area contributed by atoms with Crippen LogP contribution in [0.2, 0.25) is 0 Å². The molecule has 11 nitrogen and oxygen atoms in total. The molecule has 1 saturated heterocycles. The van der Waals surface area contributed by atoms with Gasteiger partial charge < -0.3 is 16.5 Å². The lowest BCUT2D eigenvalue weighted by Crippen LogP contribution is -2.50. The number of hydrazine groups is 2. The molecular formula is C28H44N11+. The van der Waals surface area contributed by atoms with Crippen LogP contribution >= 0.6 is 0 Å². The van der Waals surface area contributed by atoms with Crippen LogP contribution in [0.5, 0.6) is 0 Å². The van der Waals surface area contributed by atoms with E-state index in [1.54, 1.807) is 22.4 Å². The Kier molecular flexibility index (Phi) is 8.66. The Balaban J connectivity index is 0.00000112. The monoisotopic (exact) mass is 534 g/mol. The number of nitrogens with two attached hydrogens (primary N) is 4. The molecule has 1 atom stereocenters.